The maximum atomic E-state index is 6.43. The van der Waals surface area contributed by atoms with Crippen molar-refractivity contribution in [1.82, 2.24) is 0 Å². The van der Waals surface area contributed by atoms with Crippen LogP contribution in [0.3, 0.4) is 0 Å². The number of anilines is 3. The molecule has 0 fully saturated rings. The largest absolute Gasteiger partial charge is 0.456 e. The van der Waals surface area contributed by atoms with Crippen LogP contribution in [0.1, 0.15) is 0 Å². The minimum absolute atomic E-state index is 0.866. The van der Waals surface area contributed by atoms with Crippen LogP contribution in [-0.2, 0) is 0 Å². The first-order chi connectivity index (χ1) is 21.8. The molecule has 208 valence electrons. The van der Waals surface area contributed by atoms with Gasteiger partial charge in [0.15, 0.2) is 0 Å². The average molecular weight is 564 g/mol. The summed E-state index contributed by atoms with van der Waals surface area (Å²) in [5.41, 5.74) is 12.6. The molecular formula is C42H29NO. The molecule has 0 bridgehead atoms. The summed E-state index contributed by atoms with van der Waals surface area (Å²) in [6.45, 7) is 0. The number of hydrogen-bond donors (Lipinski definition) is 0. The van der Waals surface area contributed by atoms with E-state index in [-0.39, 0.29) is 0 Å². The van der Waals surface area contributed by atoms with Crippen LogP contribution in [0.5, 0.6) is 11.5 Å². The van der Waals surface area contributed by atoms with E-state index < -0.39 is 0 Å². The first kappa shape index (κ1) is 25.8. The highest BCUT2D eigenvalue weighted by atomic mass is 16.5. The predicted molar refractivity (Wildman–Crippen MR) is 183 cm³/mol. The van der Waals surface area contributed by atoms with Gasteiger partial charge in [0, 0.05) is 28.2 Å². The molecule has 0 spiro atoms. The molecule has 1 aliphatic rings. The second-order valence-electron chi connectivity index (χ2n) is 11.0. The lowest BCUT2D eigenvalue weighted by atomic mass is 9.93. The fraction of sp³-hybridized carbons (Fsp3) is 0. The van der Waals surface area contributed by atoms with Gasteiger partial charge in [-0.05, 0) is 81.9 Å². The molecule has 7 aromatic rings. The Kier molecular flexibility index (Phi) is 6.51. The predicted octanol–water partition coefficient (Wildman–Crippen LogP) is 11.9. The van der Waals surface area contributed by atoms with E-state index in [9.17, 15) is 0 Å². The van der Waals surface area contributed by atoms with Crippen molar-refractivity contribution in [3.05, 3.63) is 176 Å². The Morgan fingerprint density at radius 2 is 0.727 bits per heavy atom. The van der Waals surface area contributed by atoms with Crippen LogP contribution in [0.2, 0.25) is 0 Å². The second-order valence-corrected chi connectivity index (χ2v) is 11.0. The number of fused-ring (bicyclic) bond motifs is 5. The first-order valence-electron chi connectivity index (χ1n) is 14.9. The third-order valence-electron chi connectivity index (χ3n) is 8.30. The standard InChI is InChI=1S/C42H29NO/c1-3-11-30(12-4-1)31-19-21-32(22-20-31)33-23-25-35(26-24-33)43(34-13-5-2-6-14-34)36-27-28-37-38-15-7-9-17-41(38)44-42-18-10-8-16-39(42)40(37)29-36/h1-29H. The molecule has 8 rings (SSSR count). The van der Waals surface area contributed by atoms with Crippen molar-refractivity contribution in [3.63, 3.8) is 0 Å². The number of nitrogens with zero attached hydrogens (tertiary/aromatic N) is 1. The van der Waals surface area contributed by atoms with Crippen LogP contribution in [0, 0.1) is 0 Å². The summed E-state index contributed by atoms with van der Waals surface area (Å²) >= 11 is 0. The molecule has 0 saturated heterocycles. The number of ether oxygens (including phenoxy) is 1. The molecule has 0 radical (unpaired) electrons. The Morgan fingerprint density at radius 1 is 0.295 bits per heavy atom. The fourth-order valence-corrected chi connectivity index (χ4v) is 6.12. The zero-order chi connectivity index (χ0) is 29.3. The van der Waals surface area contributed by atoms with Gasteiger partial charge in [0.25, 0.3) is 0 Å². The lowest BCUT2D eigenvalue weighted by Crippen LogP contribution is -2.10. The van der Waals surface area contributed by atoms with Crippen molar-refractivity contribution in [2.45, 2.75) is 0 Å². The monoisotopic (exact) mass is 563 g/mol. The van der Waals surface area contributed by atoms with Gasteiger partial charge in [0.1, 0.15) is 11.5 Å². The summed E-state index contributed by atoms with van der Waals surface area (Å²) in [6.07, 6.45) is 0. The molecule has 0 N–H and O–H groups in total. The minimum Gasteiger partial charge on any atom is -0.456 e. The molecular weight excluding hydrogens is 534 g/mol. The Balaban J connectivity index is 1.20. The lowest BCUT2D eigenvalue weighted by molar-refractivity contribution is 0.488. The third-order valence-corrected chi connectivity index (χ3v) is 8.30. The van der Waals surface area contributed by atoms with Crippen LogP contribution in [0.4, 0.5) is 17.1 Å². The molecule has 0 amide bonds. The van der Waals surface area contributed by atoms with Crippen molar-refractivity contribution in [1.29, 1.82) is 0 Å². The Hall–Kier alpha value is -5.86. The van der Waals surface area contributed by atoms with Crippen molar-refractivity contribution >= 4 is 17.1 Å². The topological polar surface area (TPSA) is 12.5 Å². The maximum absolute atomic E-state index is 6.43. The van der Waals surface area contributed by atoms with Gasteiger partial charge in [-0.1, -0.05) is 127 Å². The van der Waals surface area contributed by atoms with Gasteiger partial charge in [0.05, 0.1) is 0 Å². The summed E-state index contributed by atoms with van der Waals surface area (Å²) in [7, 11) is 0. The Morgan fingerprint density at radius 3 is 1.34 bits per heavy atom. The highest BCUT2D eigenvalue weighted by Gasteiger charge is 2.22. The van der Waals surface area contributed by atoms with Crippen molar-refractivity contribution in [2.24, 2.45) is 0 Å². The van der Waals surface area contributed by atoms with Gasteiger partial charge in [0.2, 0.25) is 0 Å². The highest BCUT2D eigenvalue weighted by Crippen LogP contribution is 2.48. The van der Waals surface area contributed by atoms with Crippen LogP contribution in [-0.4, -0.2) is 0 Å². The molecule has 2 nitrogen and oxygen atoms in total. The second kappa shape index (κ2) is 11.1. The summed E-state index contributed by atoms with van der Waals surface area (Å²) in [5.74, 6) is 1.74. The summed E-state index contributed by atoms with van der Waals surface area (Å²) in [5, 5.41) is 0. The average Bonchev–Trinajstić information content (AvgIpc) is 3.24. The molecule has 7 aromatic carbocycles. The van der Waals surface area contributed by atoms with Crippen LogP contribution in [0.15, 0.2) is 176 Å². The maximum Gasteiger partial charge on any atom is 0.135 e. The molecule has 0 saturated carbocycles. The molecule has 1 aliphatic heterocycles. The smallest absolute Gasteiger partial charge is 0.135 e. The van der Waals surface area contributed by atoms with Crippen molar-refractivity contribution in [2.75, 3.05) is 4.90 Å². The number of benzene rings is 7. The van der Waals surface area contributed by atoms with Crippen LogP contribution in [0.25, 0.3) is 44.5 Å². The van der Waals surface area contributed by atoms with Crippen LogP contribution >= 0.6 is 0 Å². The van der Waals surface area contributed by atoms with E-state index in [4.69, 9.17) is 4.74 Å². The molecule has 0 atom stereocenters. The van der Waals surface area contributed by atoms with E-state index in [1.54, 1.807) is 0 Å². The van der Waals surface area contributed by atoms with Gasteiger partial charge in [-0.25, -0.2) is 0 Å². The van der Waals surface area contributed by atoms with Gasteiger partial charge in [-0.2, -0.15) is 0 Å². The van der Waals surface area contributed by atoms with E-state index in [2.05, 4.69) is 157 Å². The Labute approximate surface area is 258 Å². The normalized spacial score (nSPS) is 11.4. The minimum atomic E-state index is 0.866. The number of rotatable bonds is 5. The van der Waals surface area contributed by atoms with E-state index in [1.807, 2.05) is 24.3 Å². The molecule has 0 aliphatic carbocycles. The number of hydrogen-bond acceptors (Lipinski definition) is 2. The quantitative estimate of drug-likeness (QED) is 0.206. The van der Waals surface area contributed by atoms with Gasteiger partial charge >= 0.3 is 0 Å². The molecule has 2 heteroatoms. The Bertz CT molecular complexity index is 2060. The zero-order valence-corrected chi connectivity index (χ0v) is 24.1. The molecule has 1 heterocycles. The van der Waals surface area contributed by atoms with Gasteiger partial charge in [-0.15, -0.1) is 0 Å². The number of para-hydroxylation sites is 3. The summed E-state index contributed by atoms with van der Waals surface area (Å²) < 4.78 is 6.43. The summed E-state index contributed by atoms with van der Waals surface area (Å²) in [6, 6.07) is 62.1. The third kappa shape index (κ3) is 4.73. The summed E-state index contributed by atoms with van der Waals surface area (Å²) in [4.78, 5) is 2.32. The molecule has 0 unspecified atom stereocenters. The lowest BCUT2D eigenvalue weighted by Gasteiger charge is -2.27. The van der Waals surface area contributed by atoms with Crippen molar-refractivity contribution in [3.8, 4) is 56.0 Å². The SMILES string of the molecule is c1ccc(-c2ccc(-c3ccc(N(c4ccccc4)c4ccc5c(c4)-c4ccccc4Oc4ccccc4-5)cc3)cc2)cc1. The van der Waals surface area contributed by atoms with Crippen molar-refractivity contribution < 1.29 is 4.74 Å². The van der Waals surface area contributed by atoms with E-state index in [0.29, 0.717) is 0 Å². The van der Waals surface area contributed by atoms with E-state index >= 15 is 0 Å². The zero-order valence-electron chi connectivity index (χ0n) is 24.1. The molecule has 0 aromatic heterocycles. The first-order valence-corrected chi connectivity index (χ1v) is 14.9. The fourth-order valence-electron chi connectivity index (χ4n) is 6.12. The van der Waals surface area contributed by atoms with Gasteiger partial charge < -0.3 is 9.64 Å². The van der Waals surface area contributed by atoms with Gasteiger partial charge in [-0.3, -0.25) is 0 Å². The molecule has 44 heavy (non-hydrogen) atoms. The van der Waals surface area contributed by atoms with Crippen LogP contribution < -0.4 is 9.64 Å². The highest BCUT2D eigenvalue weighted by molar-refractivity contribution is 5.93. The van der Waals surface area contributed by atoms with E-state index in [1.165, 1.54) is 22.3 Å². The van der Waals surface area contributed by atoms with E-state index in [0.717, 1.165) is 50.8 Å².